The molecular weight excluding hydrogens is 382 g/mol. The highest BCUT2D eigenvalue weighted by atomic mass is 79.9. The van der Waals surface area contributed by atoms with Gasteiger partial charge in [0.1, 0.15) is 5.92 Å². The van der Waals surface area contributed by atoms with Gasteiger partial charge in [0.25, 0.3) is 5.91 Å². The molecule has 1 fully saturated rings. The molecule has 2 aliphatic heterocycles. The number of hydrogen-bond donors (Lipinski definition) is 0. The van der Waals surface area contributed by atoms with Gasteiger partial charge < -0.3 is 4.74 Å². The van der Waals surface area contributed by atoms with Crippen LogP contribution < -0.4 is 4.90 Å². The van der Waals surface area contributed by atoms with E-state index in [2.05, 4.69) is 25.8 Å². The van der Waals surface area contributed by atoms with E-state index in [4.69, 9.17) is 0 Å². The lowest BCUT2D eigenvalue weighted by atomic mass is 9.98. The SMILES string of the molecule is COC(=O)C1=NN(C(C)=O)[C@@H]2C(=O)N(c3ccc(Br)cc3)C(=O)[C@@H]12. The van der Waals surface area contributed by atoms with Gasteiger partial charge in [-0.25, -0.2) is 14.7 Å². The zero-order valence-electron chi connectivity index (χ0n) is 12.7. The van der Waals surface area contributed by atoms with Gasteiger partial charge in [0.05, 0.1) is 12.8 Å². The van der Waals surface area contributed by atoms with E-state index < -0.39 is 35.7 Å². The number of fused-ring (bicyclic) bond motifs is 1. The first kappa shape index (κ1) is 16.3. The molecule has 1 aromatic carbocycles. The summed E-state index contributed by atoms with van der Waals surface area (Å²) in [4.78, 5) is 50.1. The van der Waals surface area contributed by atoms with Crippen molar-refractivity contribution < 1.29 is 23.9 Å². The minimum atomic E-state index is -1.16. The average molecular weight is 394 g/mol. The molecule has 0 spiro atoms. The highest BCUT2D eigenvalue weighted by Crippen LogP contribution is 2.35. The number of hydrazone groups is 1. The van der Waals surface area contributed by atoms with Crippen molar-refractivity contribution in [1.82, 2.24) is 5.01 Å². The molecule has 1 saturated heterocycles. The first-order valence-electron chi connectivity index (χ1n) is 6.96. The van der Waals surface area contributed by atoms with Crippen molar-refractivity contribution in [2.24, 2.45) is 11.0 Å². The number of amides is 3. The minimum Gasteiger partial charge on any atom is -0.464 e. The second-order valence-corrected chi connectivity index (χ2v) is 6.17. The van der Waals surface area contributed by atoms with Crippen molar-refractivity contribution in [2.45, 2.75) is 13.0 Å². The molecule has 0 N–H and O–H groups in total. The lowest BCUT2D eigenvalue weighted by Crippen LogP contribution is -2.41. The molecule has 124 valence electrons. The summed E-state index contributed by atoms with van der Waals surface area (Å²) >= 11 is 3.28. The molecule has 3 rings (SSSR count). The van der Waals surface area contributed by atoms with Gasteiger partial charge in [0, 0.05) is 11.4 Å². The Balaban J connectivity index is 2.05. The lowest BCUT2D eigenvalue weighted by molar-refractivity contribution is -0.136. The molecule has 1 aromatic rings. The number of nitrogens with zero attached hydrogens (tertiary/aromatic N) is 3. The summed E-state index contributed by atoms with van der Waals surface area (Å²) in [7, 11) is 1.14. The number of esters is 1. The molecule has 3 amide bonds. The van der Waals surface area contributed by atoms with Crippen molar-refractivity contribution >= 4 is 51.0 Å². The standard InChI is InChI=1S/C15H12BrN3O5/c1-7(20)19-12-10(11(17-19)15(23)24-2)13(21)18(14(12)22)9-5-3-8(16)4-6-9/h3-6,10,12H,1-2H3/t10-,12-/m0/s1. The molecule has 0 saturated carbocycles. The predicted octanol–water partition coefficient (Wildman–Crippen LogP) is 0.698. The average Bonchev–Trinajstić information content (AvgIpc) is 3.06. The molecule has 2 atom stereocenters. The van der Waals surface area contributed by atoms with Crippen molar-refractivity contribution in [3.63, 3.8) is 0 Å². The molecule has 9 heteroatoms. The molecule has 2 aliphatic rings. The normalized spacial score (nSPS) is 22.5. The zero-order chi connectivity index (χ0) is 17.6. The number of anilines is 1. The summed E-state index contributed by atoms with van der Waals surface area (Å²) in [5.41, 5.74) is 0.117. The molecule has 0 bridgehead atoms. The molecule has 0 aliphatic carbocycles. The number of hydrogen-bond acceptors (Lipinski definition) is 6. The van der Waals surface area contributed by atoms with Crippen LogP contribution in [0.4, 0.5) is 5.69 Å². The monoisotopic (exact) mass is 393 g/mol. The number of benzene rings is 1. The van der Waals surface area contributed by atoms with E-state index in [0.717, 1.165) is 21.5 Å². The Kier molecular flexibility index (Phi) is 3.96. The van der Waals surface area contributed by atoms with Gasteiger partial charge in [0.2, 0.25) is 11.8 Å². The summed E-state index contributed by atoms with van der Waals surface area (Å²) in [6.45, 7) is 1.21. The van der Waals surface area contributed by atoms with Crippen LogP contribution in [-0.2, 0) is 23.9 Å². The Morgan fingerprint density at radius 1 is 1.17 bits per heavy atom. The number of ether oxygens (including phenoxy) is 1. The second kappa shape index (κ2) is 5.82. The molecule has 2 heterocycles. The fraction of sp³-hybridized carbons (Fsp3) is 0.267. The van der Waals surface area contributed by atoms with Gasteiger partial charge in [-0.15, -0.1) is 0 Å². The Bertz CT molecular complexity index is 789. The summed E-state index contributed by atoms with van der Waals surface area (Å²) in [6.07, 6.45) is 0. The van der Waals surface area contributed by atoms with Gasteiger partial charge >= 0.3 is 5.97 Å². The van der Waals surface area contributed by atoms with Crippen LogP contribution in [0, 0.1) is 5.92 Å². The quantitative estimate of drug-likeness (QED) is 0.544. The second-order valence-electron chi connectivity index (χ2n) is 5.25. The Labute approximate surface area is 145 Å². The van der Waals surface area contributed by atoms with Crippen LogP contribution in [0.3, 0.4) is 0 Å². The molecule has 0 radical (unpaired) electrons. The van der Waals surface area contributed by atoms with Crippen molar-refractivity contribution in [3.05, 3.63) is 28.7 Å². The zero-order valence-corrected chi connectivity index (χ0v) is 14.3. The maximum atomic E-state index is 12.7. The maximum absolute atomic E-state index is 12.7. The van der Waals surface area contributed by atoms with E-state index in [-0.39, 0.29) is 5.71 Å². The van der Waals surface area contributed by atoms with Crippen LogP contribution in [0.15, 0.2) is 33.8 Å². The molecule has 24 heavy (non-hydrogen) atoms. The Morgan fingerprint density at radius 2 is 1.79 bits per heavy atom. The minimum absolute atomic E-state index is 0.240. The third-order valence-electron chi connectivity index (χ3n) is 3.85. The van der Waals surface area contributed by atoms with E-state index >= 15 is 0 Å². The summed E-state index contributed by atoms with van der Waals surface area (Å²) in [5.74, 6) is -3.75. The Hall–Kier alpha value is -2.55. The van der Waals surface area contributed by atoms with Crippen LogP contribution in [0.25, 0.3) is 0 Å². The van der Waals surface area contributed by atoms with Crippen LogP contribution in [-0.4, -0.2) is 47.6 Å². The van der Waals surface area contributed by atoms with Crippen LogP contribution in [0.1, 0.15) is 6.92 Å². The van der Waals surface area contributed by atoms with E-state index in [1.54, 1.807) is 24.3 Å². The van der Waals surface area contributed by atoms with Crippen LogP contribution >= 0.6 is 15.9 Å². The predicted molar refractivity (Wildman–Crippen MR) is 85.9 cm³/mol. The van der Waals surface area contributed by atoms with Crippen molar-refractivity contribution in [3.8, 4) is 0 Å². The maximum Gasteiger partial charge on any atom is 0.355 e. The van der Waals surface area contributed by atoms with Gasteiger partial charge in [0.15, 0.2) is 11.8 Å². The highest BCUT2D eigenvalue weighted by molar-refractivity contribution is 9.10. The van der Waals surface area contributed by atoms with Crippen molar-refractivity contribution in [1.29, 1.82) is 0 Å². The number of rotatable bonds is 2. The molecule has 8 nitrogen and oxygen atoms in total. The lowest BCUT2D eigenvalue weighted by Gasteiger charge is -2.19. The Morgan fingerprint density at radius 3 is 2.33 bits per heavy atom. The summed E-state index contributed by atoms with van der Waals surface area (Å²) in [5, 5.41) is 4.71. The number of halogens is 1. The first-order chi connectivity index (χ1) is 11.4. The smallest absolute Gasteiger partial charge is 0.355 e. The van der Waals surface area contributed by atoms with E-state index in [1.165, 1.54) is 6.92 Å². The summed E-state index contributed by atoms with van der Waals surface area (Å²) < 4.78 is 5.40. The van der Waals surface area contributed by atoms with Crippen molar-refractivity contribution in [2.75, 3.05) is 12.0 Å². The van der Waals surface area contributed by atoms with E-state index in [9.17, 15) is 19.2 Å². The number of carbonyl (C=O) groups is 4. The fourth-order valence-electron chi connectivity index (χ4n) is 2.79. The number of carbonyl (C=O) groups excluding carboxylic acids is 4. The highest BCUT2D eigenvalue weighted by Gasteiger charge is 2.59. The first-order valence-corrected chi connectivity index (χ1v) is 7.76. The third-order valence-corrected chi connectivity index (χ3v) is 4.38. The summed E-state index contributed by atoms with van der Waals surface area (Å²) in [6, 6.07) is 5.39. The third kappa shape index (κ3) is 2.32. The topological polar surface area (TPSA) is 96.3 Å². The van der Waals surface area contributed by atoms with Gasteiger partial charge in [-0.1, -0.05) is 15.9 Å². The van der Waals surface area contributed by atoms with Gasteiger partial charge in [-0.3, -0.25) is 14.4 Å². The van der Waals surface area contributed by atoms with Gasteiger partial charge in [-0.2, -0.15) is 5.10 Å². The number of methoxy groups -OCH3 is 1. The van der Waals surface area contributed by atoms with Crippen LogP contribution in [0.5, 0.6) is 0 Å². The van der Waals surface area contributed by atoms with Crippen LogP contribution in [0.2, 0.25) is 0 Å². The largest absolute Gasteiger partial charge is 0.464 e. The molecule has 0 unspecified atom stereocenters. The number of imide groups is 1. The van der Waals surface area contributed by atoms with E-state index in [1.807, 2.05) is 0 Å². The van der Waals surface area contributed by atoms with Gasteiger partial charge in [-0.05, 0) is 24.3 Å². The molecular formula is C15H12BrN3O5. The van der Waals surface area contributed by atoms with E-state index in [0.29, 0.717) is 5.69 Å². The molecule has 0 aromatic heterocycles. The fourth-order valence-corrected chi connectivity index (χ4v) is 3.06.